The van der Waals surface area contributed by atoms with Gasteiger partial charge in [0.15, 0.2) is 0 Å². The molecule has 0 bridgehead atoms. The number of hydrogen-bond acceptors (Lipinski definition) is 5. The van der Waals surface area contributed by atoms with Crippen molar-refractivity contribution >= 4 is 42.8 Å². The number of carbonyl (C=O) groups is 1. The number of methoxy groups -OCH3 is 1. The van der Waals surface area contributed by atoms with Gasteiger partial charge in [0.05, 0.1) is 12.0 Å². The van der Waals surface area contributed by atoms with Crippen LogP contribution in [-0.2, 0) is 10.0 Å². The highest BCUT2D eigenvalue weighted by atomic mass is 79.9. The number of aromatic nitrogens is 2. The lowest BCUT2D eigenvalue weighted by molar-refractivity contribution is 0.0689. The first-order valence-corrected chi connectivity index (χ1v) is 9.30. The number of benzene rings is 1. The summed E-state index contributed by atoms with van der Waals surface area (Å²) >= 11 is 3.27. The Morgan fingerprint density at radius 1 is 1.28 bits per heavy atom. The fraction of sp³-hybridized carbons (Fsp3) is 0.125. The Hall–Kier alpha value is -2.39. The number of fused-ring (bicyclic) bond motifs is 1. The second-order valence-corrected chi connectivity index (χ2v) is 7.94. The first-order chi connectivity index (χ1) is 11.8. The van der Waals surface area contributed by atoms with Crippen molar-refractivity contribution in [3.8, 4) is 5.88 Å². The molecule has 9 heteroatoms. The molecule has 3 aromatic rings. The lowest BCUT2D eigenvalue weighted by Crippen LogP contribution is -2.18. The van der Waals surface area contributed by atoms with Crippen molar-refractivity contribution in [2.75, 3.05) is 7.11 Å². The van der Waals surface area contributed by atoms with E-state index in [4.69, 9.17) is 4.74 Å². The van der Waals surface area contributed by atoms with Gasteiger partial charge in [-0.3, -0.25) is 0 Å². The minimum Gasteiger partial charge on any atom is -0.479 e. The van der Waals surface area contributed by atoms with Gasteiger partial charge in [-0.25, -0.2) is 22.2 Å². The number of pyridine rings is 1. The number of carboxylic acid groups (broad SMARTS) is 1. The number of halogens is 1. The van der Waals surface area contributed by atoms with Gasteiger partial charge in [0.25, 0.3) is 10.0 Å². The predicted molar refractivity (Wildman–Crippen MR) is 94.7 cm³/mol. The van der Waals surface area contributed by atoms with Crippen LogP contribution in [0.2, 0.25) is 0 Å². The molecule has 1 N–H and O–H groups in total. The Morgan fingerprint density at radius 2 is 1.92 bits per heavy atom. The van der Waals surface area contributed by atoms with Crippen LogP contribution in [0.5, 0.6) is 5.88 Å². The summed E-state index contributed by atoms with van der Waals surface area (Å²) in [5.41, 5.74) is 0.550. The van der Waals surface area contributed by atoms with E-state index in [-0.39, 0.29) is 16.3 Å². The van der Waals surface area contributed by atoms with Gasteiger partial charge in [0.2, 0.25) is 5.88 Å². The molecule has 25 heavy (non-hydrogen) atoms. The van der Waals surface area contributed by atoms with Gasteiger partial charge in [-0.15, -0.1) is 0 Å². The fourth-order valence-corrected chi connectivity index (χ4v) is 4.39. The molecule has 0 aliphatic carbocycles. The van der Waals surface area contributed by atoms with Crippen LogP contribution in [-0.4, -0.2) is 35.6 Å². The Balaban J connectivity index is 2.45. The lowest BCUT2D eigenvalue weighted by atomic mass is 10.2. The van der Waals surface area contributed by atoms with E-state index < -0.39 is 21.7 Å². The van der Waals surface area contributed by atoms with Crippen LogP contribution in [0.4, 0.5) is 0 Å². The van der Waals surface area contributed by atoms with E-state index in [9.17, 15) is 18.3 Å². The Kier molecular flexibility index (Phi) is 4.29. The molecule has 130 valence electrons. The first-order valence-electron chi connectivity index (χ1n) is 7.07. The predicted octanol–water partition coefficient (Wildman–Crippen LogP) is 3.05. The molecule has 1 aromatic carbocycles. The molecular weight excluding hydrogens is 412 g/mol. The highest BCUT2D eigenvalue weighted by Crippen LogP contribution is 2.35. The molecule has 0 saturated heterocycles. The summed E-state index contributed by atoms with van der Waals surface area (Å²) in [4.78, 5) is 15.7. The molecule has 0 unspecified atom stereocenters. The van der Waals surface area contributed by atoms with E-state index in [1.165, 1.54) is 31.5 Å². The largest absolute Gasteiger partial charge is 0.479 e. The minimum atomic E-state index is -4.17. The molecule has 0 spiro atoms. The molecule has 0 amide bonds. The van der Waals surface area contributed by atoms with Gasteiger partial charge in [-0.1, -0.05) is 17.7 Å². The minimum absolute atomic E-state index is 0.0152. The van der Waals surface area contributed by atoms with Crippen LogP contribution in [0.15, 0.2) is 45.9 Å². The van der Waals surface area contributed by atoms with Gasteiger partial charge < -0.3 is 9.84 Å². The molecule has 0 radical (unpaired) electrons. The molecule has 0 saturated carbocycles. The van der Waals surface area contributed by atoms with Gasteiger partial charge in [0.1, 0.15) is 11.2 Å². The van der Waals surface area contributed by atoms with Crippen LogP contribution >= 0.6 is 15.9 Å². The lowest BCUT2D eigenvalue weighted by Gasteiger charge is -2.12. The van der Waals surface area contributed by atoms with Crippen LogP contribution < -0.4 is 4.74 Å². The van der Waals surface area contributed by atoms with Gasteiger partial charge in [-0.2, -0.15) is 0 Å². The summed E-state index contributed by atoms with van der Waals surface area (Å²) in [7, 11) is -2.83. The summed E-state index contributed by atoms with van der Waals surface area (Å²) in [6, 6.07) is 7.42. The van der Waals surface area contributed by atoms with E-state index in [1.807, 2.05) is 6.92 Å². The maximum atomic E-state index is 13.1. The second kappa shape index (κ2) is 6.16. The summed E-state index contributed by atoms with van der Waals surface area (Å²) in [6.45, 7) is 1.83. The van der Waals surface area contributed by atoms with E-state index in [0.717, 1.165) is 9.54 Å². The van der Waals surface area contributed by atoms with Crippen molar-refractivity contribution < 1.29 is 23.1 Å². The third-order valence-electron chi connectivity index (χ3n) is 3.68. The summed E-state index contributed by atoms with van der Waals surface area (Å²) in [5.74, 6) is -1.36. The zero-order valence-electron chi connectivity index (χ0n) is 13.2. The smallest absolute Gasteiger partial charge is 0.353 e. The van der Waals surface area contributed by atoms with E-state index in [2.05, 4.69) is 20.9 Å². The molecule has 0 aliphatic rings. The molecule has 0 fully saturated rings. The van der Waals surface area contributed by atoms with Crippen molar-refractivity contribution in [2.24, 2.45) is 0 Å². The molecule has 7 nitrogen and oxygen atoms in total. The standard InChI is InChI=1S/C16H13BrN2O5S/c1-9-3-5-10(6-4-9)25(22,23)19-13(16(20)21)7-11-12(17)8-18-15(24-2)14(11)19/h3-8H,1-2H3,(H,20,21). The number of aryl methyl sites for hydroxylation is 1. The topological polar surface area (TPSA) is 98.5 Å². The van der Waals surface area contributed by atoms with Crippen molar-refractivity contribution in [3.05, 3.63) is 52.3 Å². The molecule has 0 atom stereocenters. The zero-order valence-corrected chi connectivity index (χ0v) is 15.6. The first kappa shape index (κ1) is 17.4. The third-order valence-corrected chi connectivity index (χ3v) is 6.04. The van der Waals surface area contributed by atoms with E-state index in [0.29, 0.717) is 9.86 Å². The monoisotopic (exact) mass is 424 g/mol. The molecule has 2 aromatic heterocycles. The van der Waals surface area contributed by atoms with Gasteiger partial charge in [-0.05, 0) is 41.1 Å². The Bertz CT molecular complexity index is 1090. The van der Waals surface area contributed by atoms with Crippen molar-refractivity contribution in [3.63, 3.8) is 0 Å². The summed E-state index contributed by atoms with van der Waals surface area (Å²) < 4.78 is 32.6. The number of carboxylic acids is 1. The fourth-order valence-electron chi connectivity index (χ4n) is 2.49. The number of ether oxygens (including phenoxy) is 1. The number of aromatic carboxylic acids is 1. The molecule has 0 aliphatic heterocycles. The van der Waals surface area contributed by atoms with Crippen LogP contribution in [0.1, 0.15) is 16.1 Å². The van der Waals surface area contributed by atoms with Crippen molar-refractivity contribution in [1.29, 1.82) is 0 Å². The van der Waals surface area contributed by atoms with E-state index in [1.54, 1.807) is 12.1 Å². The quantitative estimate of drug-likeness (QED) is 0.690. The summed E-state index contributed by atoms with van der Waals surface area (Å²) in [5, 5.41) is 9.89. The maximum absolute atomic E-state index is 13.1. The van der Waals surface area contributed by atoms with E-state index >= 15 is 0 Å². The Morgan fingerprint density at radius 3 is 2.48 bits per heavy atom. The molecule has 3 rings (SSSR count). The van der Waals surface area contributed by atoms with Crippen molar-refractivity contribution in [1.82, 2.24) is 8.96 Å². The second-order valence-electron chi connectivity index (χ2n) is 5.29. The number of hydrogen-bond donors (Lipinski definition) is 1. The van der Waals surface area contributed by atoms with Crippen LogP contribution in [0.25, 0.3) is 10.9 Å². The van der Waals surface area contributed by atoms with Gasteiger partial charge in [0, 0.05) is 16.1 Å². The van der Waals surface area contributed by atoms with Crippen LogP contribution in [0.3, 0.4) is 0 Å². The van der Waals surface area contributed by atoms with Crippen molar-refractivity contribution in [2.45, 2.75) is 11.8 Å². The highest BCUT2D eigenvalue weighted by molar-refractivity contribution is 9.10. The number of nitrogens with zero attached hydrogens (tertiary/aromatic N) is 2. The summed E-state index contributed by atoms with van der Waals surface area (Å²) in [6.07, 6.45) is 1.43. The highest BCUT2D eigenvalue weighted by Gasteiger charge is 2.29. The SMILES string of the molecule is COc1ncc(Br)c2cc(C(=O)O)n(S(=O)(=O)c3ccc(C)cc3)c12. The van der Waals surface area contributed by atoms with Crippen LogP contribution in [0, 0.1) is 6.92 Å². The van der Waals surface area contributed by atoms with Gasteiger partial charge >= 0.3 is 5.97 Å². The average molecular weight is 425 g/mol. The average Bonchev–Trinajstić information content (AvgIpc) is 2.98. The molecular formula is C16H13BrN2O5S. The maximum Gasteiger partial charge on any atom is 0.353 e. The molecule has 2 heterocycles. The Labute approximate surface area is 152 Å². The number of rotatable bonds is 4. The third kappa shape index (κ3) is 2.79. The normalized spacial score (nSPS) is 11.6. The zero-order chi connectivity index (χ0) is 18.4.